The maximum Gasteiger partial charge on any atom is 0.261 e. The molecule has 4 nitrogen and oxygen atoms in total. The van der Waals surface area contributed by atoms with E-state index in [2.05, 4.69) is 0 Å². The molecule has 0 atom stereocenters. The Morgan fingerprint density at radius 1 is 1.25 bits per heavy atom. The summed E-state index contributed by atoms with van der Waals surface area (Å²) in [5, 5.41) is 0. The quantitative estimate of drug-likeness (QED) is 0.785. The lowest BCUT2D eigenvalue weighted by molar-refractivity contribution is 0.0734. The van der Waals surface area contributed by atoms with Gasteiger partial charge in [-0.1, -0.05) is 6.07 Å². The summed E-state index contributed by atoms with van der Waals surface area (Å²) in [4.78, 5) is 14.4. The summed E-state index contributed by atoms with van der Waals surface area (Å²) in [6, 6.07) is 6.31. The highest BCUT2D eigenvalue weighted by Gasteiger charge is 2.36. The smallest absolute Gasteiger partial charge is 0.261 e. The number of nitrogens with zero attached hydrogens (tertiary/aromatic N) is 1. The van der Waals surface area contributed by atoms with Crippen molar-refractivity contribution in [1.29, 1.82) is 0 Å². The Kier molecular flexibility index (Phi) is 3.50. The molecule has 108 valence electrons. The van der Waals surface area contributed by atoms with E-state index in [1.54, 1.807) is 12.1 Å². The molecule has 0 saturated heterocycles. The molecule has 0 heterocycles. The van der Waals surface area contributed by atoms with Crippen LogP contribution in [0.5, 0.6) is 0 Å². The highest BCUT2D eigenvalue weighted by Crippen LogP contribution is 2.35. The Morgan fingerprint density at radius 3 is 2.50 bits per heavy atom. The Hall–Kier alpha value is -1.07. The number of benzene rings is 1. The maximum atomic E-state index is 12.6. The summed E-state index contributed by atoms with van der Waals surface area (Å²) < 4.78 is 22.7. The third-order valence-corrected chi connectivity index (χ3v) is 5.11. The molecule has 2 aliphatic carbocycles. The number of hydrogen-bond donors (Lipinski definition) is 0. The molecule has 2 fully saturated rings. The predicted molar refractivity (Wildman–Crippen MR) is 76.3 cm³/mol. The van der Waals surface area contributed by atoms with Gasteiger partial charge < -0.3 is 4.90 Å². The number of amides is 1. The van der Waals surface area contributed by atoms with Crippen LogP contribution in [0.15, 0.2) is 29.2 Å². The van der Waals surface area contributed by atoms with Crippen molar-refractivity contribution in [2.45, 2.75) is 36.6 Å². The van der Waals surface area contributed by atoms with Crippen molar-refractivity contribution in [3.05, 3.63) is 29.8 Å². The molecule has 0 aromatic heterocycles. The highest BCUT2D eigenvalue weighted by atomic mass is 35.7. The minimum absolute atomic E-state index is 0.0211. The van der Waals surface area contributed by atoms with E-state index >= 15 is 0 Å². The van der Waals surface area contributed by atoms with Crippen LogP contribution in [0.4, 0.5) is 0 Å². The van der Waals surface area contributed by atoms with Gasteiger partial charge >= 0.3 is 0 Å². The zero-order valence-corrected chi connectivity index (χ0v) is 12.5. The van der Waals surface area contributed by atoms with Gasteiger partial charge in [0.25, 0.3) is 15.0 Å². The molecule has 1 aromatic carbocycles. The summed E-state index contributed by atoms with van der Waals surface area (Å²) in [7, 11) is 1.53. The Balaban J connectivity index is 1.84. The Labute approximate surface area is 123 Å². The third kappa shape index (κ3) is 3.15. The van der Waals surface area contributed by atoms with E-state index in [1.165, 1.54) is 25.0 Å². The summed E-state index contributed by atoms with van der Waals surface area (Å²) in [5.74, 6) is 0.543. The van der Waals surface area contributed by atoms with Crippen molar-refractivity contribution >= 4 is 25.6 Å². The minimum Gasteiger partial charge on any atom is -0.335 e. The van der Waals surface area contributed by atoms with Crippen molar-refractivity contribution in [2.24, 2.45) is 5.92 Å². The number of hydrogen-bond acceptors (Lipinski definition) is 3. The topological polar surface area (TPSA) is 54.5 Å². The number of halogens is 1. The van der Waals surface area contributed by atoms with Crippen molar-refractivity contribution in [2.75, 3.05) is 6.54 Å². The largest absolute Gasteiger partial charge is 0.335 e. The van der Waals surface area contributed by atoms with Gasteiger partial charge in [-0.2, -0.15) is 0 Å². The third-order valence-electron chi connectivity index (χ3n) is 3.76. The lowest BCUT2D eigenvalue weighted by Gasteiger charge is -2.22. The Morgan fingerprint density at radius 2 is 1.95 bits per heavy atom. The molecule has 3 rings (SSSR count). The van der Waals surface area contributed by atoms with Crippen LogP contribution in [0.3, 0.4) is 0 Å². The van der Waals surface area contributed by atoms with Crippen LogP contribution in [0.25, 0.3) is 0 Å². The summed E-state index contributed by atoms with van der Waals surface area (Å²) >= 11 is 0. The molecule has 2 aliphatic rings. The van der Waals surface area contributed by atoms with Gasteiger partial charge in [0, 0.05) is 28.8 Å². The molecule has 0 spiro atoms. The van der Waals surface area contributed by atoms with Gasteiger partial charge in [0.2, 0.25) is 0 Å². The van der Waals surface area contributed by atoms with Crippen LogP contribution in [-0.4, -0.2) is 31.8 Å². The first-order chi connectivity index (χ1) is 9.45. The maximum absolute atomic E-state index is 12.6. The minimum atomic E-state index is -3.80. The van der Waals surface area contributed by atoms with Gasteiger partial charge in [-0.05, 0) is 49.8 Å². The van der Waals surface area contributed by atoms with E-state index in [9.17, 15) is 13.2 Å². The molecular weight excluding hydrogens is 298 g/mol. The average Bonchev–Trinajstić information content (AvgIpc) is 3.26. The standard InChI is InChI=1S/C14H16ClNO3S/c15-20(18,19)13-3-1-2-11(8-13)14(17)16(12-6-7-12)9-10-4-5-10/h1-3,8,10,12H,4-7,9H2. The summed E-state index contributed by atoms with van der Waals surface area (Å²) in [5.41, 5.74) is 0.402. The SMILES string of the molecule is O=C(c1cccc(S(=O)(=O)Cl)c1)N(CC1CC1)C1CC1. The van der Waals surface area contributed by atoms with Crippen LogP contribution >= 0.6 is 10.7 Å². The van der Waals surface area contributed by atoms with Gasteiger partial charge in [-0.15, -0.1) is 0 Å². The van der Waals surface area contributed by atoms with Crippen molar-refractivity contribution in [3.63, 3.8) is 0 Å². The molecule has 6 heteroatoms. The second kappa shape index (κ2) is 5.04. The second-order valence-electron chi connectivity index (χ2n) is 5.60. The fraction of sp³-hybridized carbons (Fsp3) is 0.500. The van der Waals surface area contributed by atoms with Gasteiger partial charge in [0.05, 0.1) is 4.90 Å². The van der Waals surface area contributed by atoms with Gasteiger partial charge in [-0.3, -0.25) is 4.79 Å². The van der Waals surface area contributed by atoms with Crippen molar-refractivity contribution < 1.29 is 13.2 Å². The molecular formula is C14H16ClNO3S. The molecule has 2 saturated carbocycles. The summed E-state index contributed by atoms with van der Waals surface area (Å²) in [6.07, 6.45) is 4.47. The van der Waals surface area contributed by atoms with Gasteiger partial charge in [-0.25, -0.2) is 8.42 Å². The molecule has 0 aliphatic heterocycles. The first-order valence-corrected chi connectivity index (χ1v) is 9.12. The molecule has 20 heavy (non-hydrogen) atoms. The first kappa shape index (κ1) is 13.9. The van der Waals surface area contributed by atoms with Crippen LogP contribution in [0, 0.1) is 5.92 Å². The van der Waals surface area contributed by atoms with Crippen LogP contribution in [0.2, 0.25) is 0 Å². The zero-order chi connectivity index (χ0) is 14.3. The van der Waals surface area contributed by atoms with Crippen molar-refractivity contribution in [3.8, 4) is 0 Å². The first-order valence-electron chi connectivity index (χ1n) is 6.81. The highest BCUT2D eigenvalue weighted by molar-refractivity contribution is 8.13. The normalized spacial score (nSPS) is 18.9. The molecule has 0 bridgehead atoms. The molecule has 0 N–H and O–H groups in total. The monoisotopic (exact) mass is 313 g/mol. The lowest BCUT2D eigenvalue weighted by atomic mass is 10.2. The zero-order valence-electron chi connectivity index (χ0n) is 11.0. The van der Waals surface area contributed by atoms with E-state index in [0.29, 0.717) is 17.5 Å². The fourth-order valence-corrected chi connectivity index (χ4v) is 3.11. The second-order valence-corrected chi connectivity index (χ2v) is 8.16. The van der Waals surface area contributed by atoms with Gasteiger partial charge in [0.1, 0.15) is 0 Å². The molecule has 0 unspecified atom stereocenters. The fourth-order valence-electron chi connectivity index (χ4n) is 2.31. The van der Waals surface area contributed by atoms with E-state index in [-0.39, 0.29) is 10.8 Å². The molecule has 1 aromatic rings. The van der Waals surface area contributed by atoms with E-state index < -0.39 is 9.05 Å². The van der Waals surface area contributed by atoms with Gasteiger partial charge in [0.15, 0.2) is 0 Å². The number of carbonyl (C=O) groups excluding carboxylic acids is 1. The van der Waals surface area contributed by atoms with Crippen molar-refractivity contribution in [1.82, 2.24) is 4.90 Å². The van der Waals surface area contributed by atoms with E-state index in [4.69, 9.17) is 10.7 Å². The molecule has 1 amide bonds. The predicted octanol–water partition coefficient (Wildman–Crippen LogP) is 2.63. The van der Waals surface area contributed by atoms with Crippen LogP contribution < -0.4 is 0 Å². The summed E-state index contributed by atoms with van der Waals surface area (Å²) in [6.45, 7) is 0.793. The van der Waals surface area contributed by atoms with E-state index in [1.807, 2.05) is 4.90 Å². The Bertz CT molecular complexity index is 636. The van der Waals surface area contributed by atoms with Crippen LogP contribution in [-0.2, 0) is 9.05 Å². The average molecular weight is 314 g/mol. The number of rotatable bonds is 5. The van der Waals surface area contributed by atoms with E-state index in [0.717, 1.165) is 19.4 Å². The molecule has 0 radical (unpaired) electrons. The van der Waals surface area contributed by atoms with Crippen LogP contribution in [0.1, 0.15) is 36.0 Å². The number of carbonyl (C=O) groups is 1. The lowest BCUT2D eigenvalue weighted by Crippen LogP contribution is -2.34.